The molecule has 0 heterocycles. The summed E-state index contributed by atoms with van der Waals surface area (Å²) in [4.78, 5) is 0. The third-order valence-corrected chi connectivity index (χ3v) is 7.27. The van der Waals surface area contributed by atoms with E-state index in [-0.39, 0.29) is 0 Å². The van der Waals surface area contributed by atoms with Gasteiger partial charge < -0.3 is 17.2 Å². The second kappa shape index (κ2) is 16.3. The summed E-state index contributed by atoms with van der Waals surface area (Å²) in [5.74, 6) is 1.20. The molecule has 0 nitrogen and oxygen atoms in total. The molecule has 0 fully saturated rings. The van der Waals surface area contributed by atoms with Crippen LogP contribution in [0.5, 0.6) is 0 Å². The third kappa shape index (κ3) is 11.1. The van der Waals surface area contributed by atoms with Crippen molar-refractivity contribution < 1.29 is 0 Å². The molecule has 0 aliphatic rings. The maximum Gasteiger partial charge on any atom is -0.0624 e. The second-order valence-corrected chi connectivity index (χ2v) is 10.4. The van der Waals surface area contributed by atoms with Crippen molar-refractivity contribution in [2.45, 2.75) is 6.92 Å². The van der Waals surface area contributed by atoms with Crippen LogP contribution in [-0.4, -0.2) is 20.9 Å². The fourth-order valence-corrected chi connectivity index (χ4v) is 4.19. The van der Waals surface area contributed by atoms with E-state index in [0.717, 1.165) is 0 Å². The molecule has 0 saturated heterocycles. The maximum atomic E-state index is 2.57. The largest absolute Gasteiger partial charge is 0.472 e. The van der Waals surface area contributed by atoms with Crippen molar-refractivity contribution in [3.8, 4) is 0 Å². The van der Waals surface area contributed by atoms with E-state index in [9.17, 15) is 0 Å². The van der Waals surface area contributed by atoms with Gasteiger partial charge in [0, 0.05) is 0 Å². The van der Waals surface area contributed by atoms with Gasteiger partial charge in [-0.05, 0) is 0 Å². The van der Waals surface area contributed by atoms with Gasteiger partial charge in [0.05, 0.1) is 0 Å². The van der Waals surface area contributed by atoms with Crippen LogP contribution in [0, 0.1) is 0 Å². The fraction of sp³-hybridized carbons (Fsp3) is 0.0769. The van der Waals surface area contributed by atoms with Gasteiger partial charge in [-0.1, -0.05) is 121 Å². The average molecular weight is 458 g/mol. The molecular formula is C26H25AlP2S. The Hall–Kier alpha value is -1.38. The van der Waals surface area contributed by atoms with Crippen molar-refractivity contribution in [2.75, 3.05) is 5.75 Å². The van der Waals surface area contributed by atoms with E-state index >= 15 is 0 Å². The molecule has 0 bridgehead atoms. The molecule has 0 aliphatic heterocycles. The van der Waals surface area contributed by atoms with Gasteiger partial charge in [-0.25, -0.2) is 21.2 Å². The number of hydrogen-bond acceptors (Lipinski definition) is 1. The van der Waals surface area contributed by atoms with E-state index in [1.165, 1.54) is 44.1 Å². The van der Waals surface area contributed by atoms with Crippen molar-refractivity contribution in [3.63, 3.8) is 0 Å². The Bertz CT molecular complexity index is 751. The summed E-state index contributed by atoms with van der Waals surface area (Å²) >= 11 is 2.57. The standard InChI is InChI=1S/2C12H10P.C2H6S.Al/c2*1-3-7-11(8-4-1)13-12-9-5-2-6-10-12;1-2-3;/h2*1-10H;3H,2H2,1H3;/q2*-1;;+3/p-1. The normalized spacial score (nSPS) is 9.57. The van der Waals surface area contributed by atoms with Crippen LogP contribution < -0.4 is 21.2 Å². The molecular weight excluding hydrogens is 433 g/mol. The molecule has 0 aromatic heterocycles. The number of rotatable bonds is 5. The molecule has 0 atom stereocenters. The zero-order valence-electron chi connectivity index (χ0n) is 17.1. The molecule has 0 amide bonds. The quantitative estimate of drug-likeness (QED) is 0.262. The van der Waals surface area contributed by atoms with Crippen LogP contribution in [0.15, 0.2) is 121 Å². The fourth-order valence-electron chi connectivity index (χ4n) is 2.31. The van der Waals surface area contributed by atoms with Gasteiger partial charge in [0.15, 0.2) is 0 Å². The van der Waals surface area contributed by atoms with Crippen LogP contribution in [0.4, 0.5) is 0 Å². The van der Waals surface area contributed by atoms with E-state index in [1.54, 1.807) is 10.1 Å². The van der Waals surface area contributed by atoms with Gasteiger partial charge in [0.2, 0.25) is 0 Å². The molecule has 0 unspecified atom stereocenters. The van der Waals surface area contributed by atoms with E-state index in [1.807, 2.05) is 24.3 Å². The van der Waals surface area contributed by atoms with Crippen LogP contribution >= 0.6 is 27.3 Å². The zero-order chi connectivity index (χ0) is 21.3. The molecule has 4 heteroatoms. The summed E-state index contributed by atoms with van der Waals surface area (Å²) < 4.78 is 0. The first-order valence-electron chi connectivity index (χ1n) is 9.77. The van der Waals surface area contributed by atoms with E-state index in [2.05, 4.69) is 119 Å². The minimum Gasteiger partial charge on any atom is -0.472 e. The molecule has 0 N–H and O–H groups in total. The first kappa shape index (κ1) is 24.9. The van der Waals surface area contributed by atoms with Gasteiger partial charge in [-0.3, -0.25) is 0 Å². The topological polar surface area (TPSA) is 0 Å². The molecule has 0 aliphatic carbocycles. The summed E-state index contributed by atoms with van der Waals surface area (Å²) in [7, 11) is 4.34. The van der Waals surface area contributed by atoms with Crippen LogP contribution in [0.2, 0.25) is 0 Å². The minimum absolute atomic E-state index is 1.20. The Morgan fingerprint density at radius 2 is 0.700 bits per heavy atom. The molecule has 4 aromatic carbocycles. The van der Waals surface area contributed by atoms with Crippen LogP contribution in [0.1, 0.15) is 6.92 Å². The van der Waals surface area contributed by atoms with Crippen molar-refractivity contribution >= 4 is 63.7 Å². The number of benzene rings is 4. The Morgan fingerprint density at radius 3 is 0.867 bits per heavy atom. The summed E-state index contributed by atoms with van der Waals surface area (Å²) in [6.45, 7) is 2.12. The van der Waals surface area contributed by atoms with E-state index in [0.29, 0.717) is 0 Å². The second-order valence-electron chi connectivity index (χ2n) is 6.02. The Kier molecular flexibility index (Phi) is 13.5. The van der Waals surface area contributed by atoms with Gasteiger partial charge >= 0.3 is 38.0 Å². The first-order valence-corrected chi connectivity index (χ1v) is 14.0. The summed E-state index contributed by atoms with van der Waals surface area (Å²) in [6, 6.07) is 42.0. The summed E-state index contributed by atoms with van der Waals surface area (Å²) in [5.41, 5.74) is 0. The zero-order valence-corrected chi connectivity index (χ0v) is 20.9. The molecule has 0 radical (unpaired) electrons. The van der Waals surface area contributed by atoms with Crippen LogP contribution in [-0.2, 0) is 0 Å². The number of hydrogen-bond donors (Lipinski definition) is 0. The van der Waals surface area contributed by atoms with E-state index < -0.39 is 0 Å². The maximum absolute atomic E-state index is 2.57. The van der Waals surface area contributed by atoms with Gasteiger partial charge in [-0.15, -0.1) is 0 Å². The Labute approximate surface area is 196 Å². The molecule has 4 aromatic rings. The van der Waals surface area contributed by atoms with Crippen molar-refractivity contribution in [3.05, 3.63) is 121 Å². The van der Waals surface area contributed by atoms with Crippen LogP contribution in [0.25, 0.3) is 0 Å². The first-order chi connectivity index (χ1) is 14.8. The molecule has 148 valence electrons. The third-order valence-electron chi connectivity index (χ3n) is 3.71. The summed E-state index contributed by atoms with van der Waals surface area (Å²) in [6.07, 6.45) is 0. The Balaban J connectivity index is 0.000000182. The predicted octanol–water partition coefficient (Wildman–Crippen LogP) is 5.99. The van der Waals surface area contributed by atoms with Crippen molar-refractivity contribution in [2.24, 2.45) is 0 Å². The SMILES string of the molecule is CC[S][Al+2].c1ccc([P-]c2ccccc2)cc1.c1ccc([P-]c2ccccc2)cc1. The van der Waals surface area contributed by atoms with Gasteiger partial charge in [-0.2, -0.15) is 0 Å². The van der Waals surface area contributed by atoms with E-state index in [4.69, 9.17) is 0 Å². The molecule has 0 saturated carbocycles. The van der Waals surface area contributed by atoms with Gasteiger partial charge in [0.25, 0.3) is 0 Å². The summed E-state index contributed by atoms with van der Waals surface area (Å²) in [5, 5.41) is 5.37. The van der Waals surface area contributed by atoms with Crippen LogP contribution in [0.3, 0.4) is 0 Å². The van der Waals surface area contributed by atoms with Gasteiger partial charge in [0.1, 0.15) is 0 Å². The smallest absolute Gasteiger partial charge is 0.0624 e. The molecule has 30 heavy (non-hydrogen) atoms. The minimum atomic E-state index is 1.20. The monoisotopic (exact) mass is 458 g/mol. The Morgan fingerprint density at radius 1 is 0.500 bits per heavy atom. The molecule has 0 spiro atoms. The predicted molar refractivity (Wildman–Crippen MR) is 142 cm³/mol. The van der Waals surface area contributed by atoms with Crippen molar-refractivity contribution in [1.29, 1.82) is 0 Å². The molecule has 4 rings (SSSR count). The average Bonchev–Trinajstić information content (AvgIpc) is 2.82. The van der Waals surface area contributed by atoms with Crippen molar-refractivity contribution in [1.82, 2.24) is 0 Å².